The van der Waals surface area contributed by atoms with Gasteiger partial charge in [-0.3, -0.25) is 9.78 Å². The molecule has 0 radical (unpaired) electrons. The molecule has 0 atom stereocenters. The summed E-state index contributed by atoms with van der Waals surface area (Å²) >= 11 is 0. The first kappa shape index (κ1) is 9.79. The van der Waals surface area contributed by atoms with Crippen molar-refractivity contribution in [2.75, 3.05) is 0 Å². The lowest BCUT2D eigenvalue weighted by Crippen LogP contribution is -2.13. The number of pyridine rings is 1. The lowest BCUT2D eigenvalue weighted by atomic mass is 10.1. The Labute approximate surface area is 70.8 Å². The normalized spacial score (nSPS) is 10.8. The van der Waals surface area contributed by atoms with Gasteiger partial charge in [-0.2, -0.15) is 4.39 Å². The third-order valence-corrected chi connectivity index (χ3v) is 1.53. The van der Waals surface area contributed by atoms with Gasteiger partial charge in [0.1, 0.15) is 0 Å². The Balaban J connectivity index is 3.38. The summed E-state index contributed by atoms with van der Waals surface area (Å²) in [6.07, 6.45) is -2.97. The fraction of sp³-hybridized carbons (Fsp3) is 0.286. The number of alkyl halides is 2. The third-order valence-electron chi connectivity index (χ3n) is 1.53. The first-order valence-electron chi connectivity index (χ1n) is 3.37. The summed E-state index contributed by atoms with van der Waals surface area (Å²) in [4.78, 5) is 12.2. The minimum atomic E-state index is -2.97. The minimum absolute atomic E-state index is 0.569. The van der Waals surface area contributed by atoms with E-state index < -0.39 is 35.7 Å². The van der Waals surface area contributed by atoms with Crippen LogP contribution in [0.15, 0.2) is 10.9 Å². The molecule has 13 heavy (non-hydrogen) atoms. The average molecular weight is 193 g/mol. The summed E-state index contributed by atoms with van der Waals surface area (Å²) in [6, 6.07) is 0.569. The van der Waals surface area contributed by atoms with E-state index >= 15 is 0 Å². The highest BCUT2D eigenvalue weighted by molar-refractivity contribution is 5.24. The molecule has 1 aromatic rings. The second-order valence-electron chi connectivity index (χ2n) is 2.34. The van der Waals surface area contributed by atoms with Gasteiger partial charge in [-0.1, -0.05) is 0 Å². The number of rotatable bonds is 2. The van der Waals surface area contributed by atoms with Crippen molar-refractivity contribution in [1.29, 1.82) is 0 Å². The Kier molecular flexibility index (Phi) is 2.72. The molecule has 1 aromatic heterocycles. The lowest BCUT2D eigenvalue weighted by molar-refractivity contribution is 0.145. The summed E-state index contributed by atoms with van der Waals surface area (Å²) in [7, 11) is 0. The van der Waals surface area contributed by atoms with Gasteiger partial charge in [-0.25, -0.2) is 8.78 Å². The van der Waals surface area contributed by atoms with Crippen LogP contribution >= 0.6 is 0 Å². The molecule has 0 saturated carbocycles. The maximum atomic E-state index is 12.7. The van der Waals surface area contributed by atoms with Crippen LogP contribution in [0.25, 0.3) is 0 Å². The van der Waals surface area contributed by atoms with Crippen molar-refractivity contribution >= 4 is 0 Å². The zero-order valence-electron chi connectivity index (χ0n) is 6.35. The molecule has 0 aliphatic heterocycles. The molecule has 0 saturated heterocycles. The second-order valence-corrected chi connectivity index (χ2v) is 2.34. The Morgan fingerprint density at radius 2 is 2.15 bits per heavy atom. The Hall–Kier alpha value is -1.30. The molecule has 2 N–H and O–H groups in total. The molecule has 1 heterocycles. The topological polar surface area (TPSA) is 53.1 Å². The highest BCUT2D eigenvalue weighted by atomic mass is 19.3. The van der Waals surface area contributed by atoms with E-state index in [1.807, 2.05) is 0 Å². The molecule has 0 bridgehead atoms. The van der Waals surface area contributed by atoms with Gasteiger partial charge in [0.15, 0.2) is 5.95 Å². The molecule has 0 aromatic carbocycles. The Morgan fingerprint density at radius 1 is 1.54 bits per heavy atom. The molecule has 3 nitrogen and oxygen atoms in total. The largest absolute Gasteiger partial charge is 0.391 e. The van der Waals surface area contributed by atoms with E-state index in [9.17, 15) is 18.0 Å². The van der Waals surface area contributed by atoms with Gasteiger partial charge >= 0.3 is 0 Å². The van der Waals surface area contributed by atoms with E-state index in [-0.39, 0.29) is 0 Å². The molecular formula is C7H6F3NO2. The monoisotopic (exact) mass is 193 g/mol. The van der Waals surface area contributed by atoms with Crippen molar-refractivity contribution in [2.24, 2.45) is 0 Å². The molecule has 6 heteroatoms. The van der Waals surface area contributed by atoms with Crippen LogP contribution in [-0.2, 0) is 6.61 Å². The summed E-state index contributed by atoms with van der Waals surface area (Å²) < 4.78 is 37.0. The van der Waals surface area contributed by atoms with Crippen LogP contribution in [0.2, 0.25) is 0 Å². The number of hydrogen-bond donors (Lipinski definition) is 2. The zero-order chi connectivity index (χ0) is 10.0. The smallest absolute Gasteiger partial charge is 0.264 e. The van der Waals surface area contributed by atoms with Crippen LogP contribution < -0.4 is 5.56 Å². The summed E-state index contributed by atoms with van der Waals surface area (Å²) in [5, 5.41) is 8.54. The van der Waals surface area contributed by atoms with Crippen LogP contribution in [0, 0.1) is 5.95 Å². The van der Waals surface area contributed by atoms with Gasteiger partial charge in [-0.05, 0) is 0 Å². The Bertz CT molecular complexity index is 361. The van der Waals surface area contributed by atoms with Gasteiger partial charge in [0.05, 0.1) is 6.61 Å². The average Bonchev–Trinajstić information content (AvgIpc) is 2.02. The SMILES string of the molecule is O=c1cc(C(F)F)c(CO)c(F)[nH]1. The number of nitrogens with one attached hydrogen (secondary N) is 1. The van der Waals surface area contributed by atoms with Crippen molar-refractivity contribution < 1.29 is 18.3 Å². The van der Waals surface area contributed by atoms with Crippen molar-refractivity contribution in [3.63, 3.8) is 0 Å². The van der Waals surface area contributed by atoms with Crippen molar-refractivity contribution in [2.45, 2.75) is 13.0 Å². The molecule has 1 rings (SSSR count). The number of hydrogen-bond acceptors (Lipinski definition) is 2. The van der Waals surface area contributed by atoms with Crippen molar-refractivity contribution in [3.05, 3.63) is 33.5 Å². The summed E-state index contributed by atoms with van der Waals surface area (Å²) in [5.74, 6) is -1.22. The fourth-order valence-electron chi connectivity index (χ4n) is 0.930. The van der Waals surface area contributed by atoms with Gasteiger partial charge in [0.25, 0.3) is 12.0 Å². The van der Waals surface area contributed by atoms with E-state index in [0.29, 0.717) is 6.07 Å². The third kappa shape index (κ3) is 1.89. The predicted octanol–water partition coefficient (Wildman–Crippen LogP) is 0.944. The highest BCUT2D eigenvalue weighted by Gasteiger charge is 2.17. The van der Waals surface area contributed by atoms with E-state index in [1.165, 1.54) is 0 Å². The maximum Gasteiger partial charge on any atom is 0.264 e. The summed E-state index contributed by atoms with van der Waals surface area (Å²) in [5.41, 5.74) is -2.30. The van der Waals surface area contributed by atoms with Gasteiger partial charge in [0.2, 0.25) is 0 Å². The van der Waals surface area contributed by atoms with Crippen LogP contribution in [0.4, 0.5) is 13.2 Å². The number of aliphatic hydroxyl groups excluding tert-OH is 1. The molecule has 0 aliphatic carbocycles. The predicted molar refractivity (Wildman–Crippen MR) is 37.9 cm³/mol. The van der Waals surface area contributed by atoms with Gasteiger partial charge in [-0.15, -0.1) is 0 Å². The zero-order valence-corrected chi connectivity index (χ0v) is 6.35. The van der Waals surface area contributed by atoms with E-state index in [0.717, 1.165) is 0 Å². The second kappa shape index (κ2) is 3.61. The molecule has 0 amide bonds. The first-order valence-corrected chi connectivity index (χ1v) is 3.37. The molecule has 72 valence electrons. The molecule has 0 aliphatic rings. The highest BCUT2D eigenvalue weighted by Crippen LogP contribution is 2.22. The fourth-order valence-corrected chi connectivity index (χ4v) is 0.930. The molecular weight excluding hydrogens is 187 g/mol. The molecule has 0 unspecified atom stereocenters. The minimum Gasteiger partial charge on any atom is -0.391 e. The van der Waals surface area contributed by atoms with Crippen LogP contribution in [0.1, 0.15) is 17.6 Å². The van der Waals surface area contributed by atoms with Crippen molar-refractivity contribution in [1.82, 2.24) is 4.98 Å². The maximum absolute atomic E-state index is 12.7. The number of aromatic nitrogens is 1. The number of aromatic amines is 1. The van der Waals surface area contributed by atoms with Crippen LogP contribution in [0.3, 0.4) is 0 Å². The van der Waals surface area contributed by atoms with Gasteiger partial charge < -0.3 is 5.11 Å². The quantitative estimate of drug-likeness (QED) is 0.687. The van der Waals surface area contributed by atoms with Gasteiger partial charge in [0, 0.05) is 17.2 Å². The number of aliphatic hydroxyl groups is 1. The molecule has 0 spiro atoms. The van der Waals surface area contributed by atoms with E-state index in [1.54, 1.807) is 4.98 Å². The van der Waals surface area contributed by atoms with Crippen LogP contribution in [0.5, 0.6) is 0 Å². The Morgan fingerprint density at radius 3 is 2.62 bits per heavy atom. The van der Waals surface area contributed by atoms with Crippen molar-refractivity contribution in [3.8, 4) is 0 Å². The lowest BCUT2D eigenvalue weighted by Gasteiger charge is -2.05. The number of halogens is 3. The van der Waals surface area contributed by atoms with E-state index in [4.69, 9.17) is 5.11 Å². The number of H-pyrrole nitrogens is 1. The molecule has 0 fully saturated rings. The van der Waals surface area contributed by atoms with Crippen LogP contribution in [-0.4, -0.2) is 10.1 Å². The first-order chi connectivity index (χ1) is 6.06. The summed E-state index contributed by atoms with van der Waals surface area (Å²) in [6.45, 7) is -0.873. The standard InChI is InChI=1S/C7H6F3NO2/c8-6(9)3-1-5(13)11-7(10)4(3)2-12/h1,6,12H,2H2,(H,11,13). The van der Waals surface area contributed by atoms with E-state index in [2.05, 4.69) is 0 Å².